The van der Waals surface area contributed by atoms with Gasteiger partial charge < -0.3 is 10.1 Å². The lowest BCUT2D eigenvalue weighted by Gasteiger charge is -2.13. The first-order valence-electron chi connectivity index (χ1n) is 11.7. The van der Waals surface area contributed by atoms with E-state index in [1.807, 2.05) is 36.4 Å². The second-order valence-corrected chi connectivity index (χ2v) is 8.94. The molecule has 0 spiro atoms. The fourth-order valence-corrected chi connectivity index (χ4v) is 4.21. The molecule has 36 heavy (non-hydrogen) atoms. The maximum atomic E-state index is 12.9. The van der Waals surface area contributed by atoms with Gasteiger partial charge in [-0.25, -0.2) is 14.3 Å². The molecule has 186 valence electrons. The molecule has 0 unspecified atom stereocenters. The number of benzene rings is 3. The number of urea groups is 1. The molecule has 4 aromatic rings. The van der Waals surface area contributed by atoms with Crippen molar-refractivity contribution in [2.45, 2.75) is 33.1 Å². The van der Waals surface area contributed by atoms with Crippen LogP contribution in [0.3, 0.4) is 0 Å². The summed E-state index contributed by atoms with van der Waals surface area (Å²) in [7, 11) is 0. The van der Waals surface area contributed by atoms with E-state index < -0.39 is 12.0 Å². The Kier molecular flexibility index (Phi) is 8.13. The van der Waals surface area contributed by atoms with Gasteiger partial charge in [0.2, 0.25) is 0 Å². The minimum Gasteiger partial charge on any atom is -0.462 e. The van der Waals surface area contributed by atoms with Crippen molar-refractivity contribution in [2.24, 2.45) is 0 Å². The van der Waals surface area contributed by atoms with Crippen LogP contribution >= 0.6 is 23.2 Å². The SMILES string of the molecule is CCCCc1cc(NC(=O)Nc2cccc(Cl)c2Cl)n(-c2cc(C(=O)OCC)c3ccccc3c2)n1. The van der Waals surface area contributed by atoms with Crippen molar-refractivity contribution >= 4 is 57.5 Å². The zero-order chi connectivity index (χ0) is 25.7. The Hall–Kier alpha value is -3.55. The summed E-state index contributed by atoms with van der Waals surface area (Å²) in [5.74, 6) is 0.0265. The summed E-state index contributed by atoms with van der Waals surface area (Å²) >= 11 is 12.3. The number of rotatable bonds is 8. The Morgan fingerprint density at radius 3 is 2.58 bits per heavy atom. The maximum absolute atomic E-state index is 12.9. The van der Waals surface area contributed by atoms with Gasteiger partial charge in [-0.1, -0.05) is 66.9 Å². The van der Waals surface area contributed by atoms with E-state index in [-0.39, 0.29) is 11.6 Å². The number of esters is 1. The summed E-state index contributed by atoms with van der Waals surface area (Å²) in [6, 6.07) is 17.5. The highest BCUT2D eigenvalue weighted by Gasteiger charge is 2.18. The van der Waals surface area contributed by atoms with Crippen molar-refractivity contribution in [3.63, 3.8) is 0 Å². The molecule has 0 bridgehead atoms. The summed E-state index contributed by atoms with van der Waals surface area (Å²) in [5, 5.41) is 12.5. The largest absolute Gasteiger partial charge is 0.462 e. The van der Waals surface area contributed by atoms with Crippen LogP contribution in [0.2, 0.25) is 10.0 Å². The van der Waals surface area contributed by atoms with Crippen LogP contribution in [-0.4, -0.2) is 28.4 Å². The van der Waals surface area contributed by atoms with Gasteiger partial charge in [0.25, 0.3) is 0 Å². The molecule has 2 amide bonds. The number of ether oxygens (including phenoxy) is 1. The van der Waals surface area contributed by atoms with Gasteiger partial charge in [0, 0.05) is 6.07 Å². The maximum Gasteiger partial charge on any atom is 0.338 e. The zero-order valence-electron chi connectivity index (χ0n) is 20.0. The highest BCUT2D eigenvalue weighted by molar-refractivity contribution is 6.44. The zero-order valence-corrected chi connectivity index (χ0v) is 21.5. The monoisotopic (exact) mass is 524 g/mol. The summed E-state index contributed by atoms with van der Waals surface area (Å²) in [6.07, 6.45) is 2.71. The molecular formula is C27H26Cl2N4O3. The average Bonchev–Trinajstić information content (AvgIpc) is 3.27. The molecule has 1 aromatic heterocycles. The van der Waals surface area contributed by atoms with E-state index in [0.717, 1.165) is 35.7 Å². The highest BCUT2D eigenvalue weighted by atomic mass is 35.5. The minimum absolute atomic E-state index is 0.250. The third-order valence-electron chi connectivity index (χ3n) is 5.57. The fourth-order valence-electron chi connectivity index (χ4n) is 3.86. The molecule has 0 saturated heterocycles. The molecule has 9 heteroatoms. The number of halogens is 2. The second kappa shape index (κ2) is 11.5. The molecule has 0 atom stereocenters. The Labute approximate surface area is 219 Å². The van der Waals surface area contributed by atoms with Crippen LogP contribution in [0.4, 0.5) is 16.3 Å². The Morgan fingerprint density at radius 1 is 1.00 bits per heavy atom. The summed E-state index contributed by atoms with van der Waals surface area (Å²) < 4.78 is 6.92. The third kappa shape index (κ3) is 5.64. The molecule has 0 aliphatic rings. The van der Waals surface area contributed by atoms with Gasteiger partial charge in [0.15, 0.2) is 0 Å². The number of unbranched alkanes of at least 4 members (excludes halogenated alkanes) is 1. The summed E-state index contributed by atoms with van der Waals surface area (Å²) in [5.41, 5.74) is 2.25. The van der Waals surface area contributed by atoms with E-state index in [2.05, 4.69) is 17.6 Å². The van der Waals surface area contributed by atoms with Crippen LogP contribution in [0.5, 0.6) is 0 Å². The summed E-state index contributed by atoms with van der Waals surface area (Å²) in [4.78, 5) is 25.6. The molecule has 4 rings (SSSR count). The molecule has 1 heterocycles. The lowest BCUT2D eigenvalue weighted by atomic mass is 10.0. The van der Waals surface area contributed by atoms with Gasteiger partial charge in [0.05, 0.1) is 39.3 Å². The molecule has 0 saturated carbocycles. The van der Waals surface area contributed by atoms with E-state index in [0.29, 0.717) is 27.8 Å². The van der Waals surface area contributed by atoms with Crippen molar-refractivity contribution in [1.29, 1.82) is 0 Å². The van der Waals surface area contributed by atoms with Gasteiger partial charge in [-0.05, 0) is 54.8 Å². The van der Waals surface area contributed by atoms with Crippen LogP contribution in [0.25, 0.3) is 16.5 Å². The first-order chi connectivity index (χ1) is 17.4. The van der Waals surface area contributed by atoms with Crippen molar-refractivity contribution in [2.75, 3.05) is 17.2 Å². The van der Waals surface area contributed by atoms with Crippen LogP contribution in [0, 0.1) is 0 Å². The number of carbonyl (C=O) groups is 2. The number of aryl methyl sites for hydroxylation is 1. The Bertz CT molecular complexity index is 1420. The first-order valence-corrected chi connectivity index (χ1v) is 12.5. The van der Waals surface area contributed by atoms with Crippen LogP contribution in [0.1, 0.15) is 42.7 Å². The number of aromatic nitrogens is 2. The van der Waals surface area contributed by atoms with E-state index in [4.69, 9.17) is 33.0 Å². The average molecular weight is 525 g/mol. The summed E-state index contributed by atoms with van der Waals surface area (Å²) in [6.45, 7) is 4.14. The van der Waals surface area contributed by atoms with Gasteiger partial charge in [-0.15, -0.1) is 0 Å². The van der Waals surface area contributed by atoms with Crippen LogP contribution < -0.4 is 10.6 Å². The first kappa shape index (κ1) is 25.5. The molecule has 0 aliphatic carbocycles. The second-order valence-electron chi connectivity index (χ2n) is 8.15. The Morgan fingerprint density at radius 2 is 1.81 bits per heavy atom. The predicted molar refractivity (Wildman–Crippen MR) is 145 cm³/mol. The lowest BCUT2D eigenvalue weighted by Crippen LogP contribution is -2.21. The van der Waals surface area contributed by atoms with Crippen LogP contribution in [0.15, 0.2) is 60.7 Å². The van der Waals surface area contributed by atoms with E-state index >= 15 is 0 Å². The molecule has 0 radical (unpaired) electrons. The standard InChI is InChI=1S/C27H26Cl2N4O3/c1-3-5-10-18-15-24(31-27(35)30-23-13-8-12-22(28)25(23)29)33(32-18)19-14-17-9-6-7-11-20(17)21(16-19)26(34)36-4-2/h6-9,11-16H,3-5,10H2,1-2H3,(H2,30,31,35). The van der Waals surface area contributed by atoms with Gasteiger partial charge in [-0.2, -0.15) is 5.10 Å². The molecule has 3 aromatic carbocycles. The van der Waals surface area contributed by atoms with Gasteiger partial charge >= 0.3 is 12.0 Å². The molecule has 0 fully saturated rings. The number of nitrogens with one attached hydrogen (secondary N) is 2. The van der Waals surface area contributed by atoms with Crippen molar-refractivity contribution in [1.82, 2.24) is 9.78 Å². The van der Waals surface area contributed by atoms with Crippen LogP contribution in [-0.2, 0) is 11.2 Å². The normalized spacial score (nSPS) is 10.9. The lowest BCUT2D eigenvalue weighted by molar-refractivity contribution is 0.0528. The number of anilines is 2. The third-order valence-corrected chi connectivity index (χ3v) is 6.39. The quantitative estimate of drug-likeness (QED) is 0.233. The Balaban J connectivity index is 1.74. The van der Waals surface area contributed by atoms with Crippen molar-refractivity contribution in [3.05, 3.63) is 82.0 Å². The number of hydrogen-bond acceptors (Lipinski definition) is 4. The number of amides is 2. The molecular weight excluding hydrogens is 499 g/mol. The van der Waals surface area contributed by atoms with E-state index in [1.54, 1.807) is 35.9 Å². The molecule has 0 aliphatic heterocycles. The highest BCUT2D eigenvalue weighted by Crippen LogP contribution is 2.30. The minimum atomic E-state index is -0.506. The molecule has 7 nitrogen and oxygen atoms in total. The number of nitrogens with zero attached hydrogens (tertiary/aromatic N) is 2. The predicted octanol–water partition coefficient (Wildman–Crippen LogP) is 7.50. The van der Waals surface area contributed by atoms with Crippen molar-refractivity contribution < 1.29 is 14.3 Å². The van der Waals surface area contributed by atoms with Gasteiger partial charge in [-0.3, -0.25) is 5.32 Å². The van der Waals surface area contributed by atoms with E-state index in [1.165, 1.54) is 0 Å². The number of fused-ring (bicyclic) bond motifs is 1. The topological polar surface area (TPSA) is 85.2 Å². The number of carbonyl (C=O) groups excluding carboxylic acids is 2. The smallest absolute Gasteiger partial charge is 0.338 e. The molecule has 2 N–H and O–H groups in total. The van der Waals surface area contributed by atoms with Crippen molar-refractivity contribution in [3.8, 4) is 5.69 Å². The van der Waals surface area contributed by atoms with Gasteiger partial charge in [0.1, 0.15) is 5.82 Å². The number of hydrogen-bond donors (Lipinski definition) is 2. The fraction of sp³-hybridized carbons (Fsp3) is 0.222. The van der Waals surface area contributed by atoms with E-state index in [9.17, 15) is 9.59 Å².